The Labute approximate surface area is 206 Å². The van der Waals surface area contributed by atoms with Gasteiger partial charge in [-0.25, -0.2) is 4.79 Å². The van der Waals surface area contributed by atoms with Gasteiger partial charge in [-0.05, 0) is 32.6 Å². The predicted molar refractivity (Wildman–Crippen MR) is 132 cm³/mol. The number of aliphatic hydroxyl groups excluding tert-OH is 2. The van der Waals surface area contributed by atoms with Crippen LogP contribution in [0.1, 0.15) is 124 Å². The Balaban J connectivity index is 4.77. The number of carbonyl (C=O) groups is 4. The number of ketones is 2. The maximum atomic E-state index is 12.8. The smallest absolute Gasteiger partial charge is 0.335 e. The van der Waals surface area contributed by atoms with Crippen LogP contribution in [0.3, 0.4) is 0 Å². The van der Waals surface area contributed by atoms with Gasteiger partial charge in [0.25, 0.3) is 0 Å². The molecular formula is C27H48O7. The first-order chi connectivity index (χ1) is 16.1. The Morgan fingerprint density at radius 3 is 1.50 bits per heavy atom. The van der Waals surface area contributed by atoms with Crippen LogP contribution in [0.5, 0.6) is 0 Å². The molecule has 0 amide bonds. The molecule has 0 aliphatic rings. The number of hydrogen-bond donors (Lipinski definition) is 2. The SMILES string of the molecule is CCCCCCCCCCCCCCCC(CC(O)CO)C(C(C)=O)(C(C)=O)C(=O)OC(C)=O. The van der Waals surface area contributed by atoms with Crippen molar-refractivity contribution in [2.75, 3.05) is 6.61 Å². The summed E-state index contributed by atoms with van der Waals surface area (Å²) in [4.78, 5) is 49.3. The number of carbonyl (C=O) groups excluding carboxylic acids is 4. The van der Waals surface area contributed by atoms with Crippen molar-refractivity contribution in [3.8, 4) is 0 Å². The second kappa shape index (κ2) is 18.7. The summed E-state index contributed by atoms with van der Waals surface area (Å²) < 4.78 is 4.69. The van der Waals surface area contributed by atoms with Gasteiger partial charge in [-0.15, -0.1) is 0 Å². The Hall–Kier alpha value is -1.60. The van der Waals surface area contributed by atoms with Crippen LogP contribution in [0.25, 0.3) is 0 Å². The van der Waals surface area contributed by atoms with Crippen molar-refractivity contribution < 1.29 is 34.1 Å². The lowest BCUT2D eigenvalue weighted by molar-refractivity contribution is -0.173. The fourth-order valence-electron chi connectivity index (χ4n) is 4.81. The summed E-state index contributed by atoms with van der Waals surface area (Å²) in [5.74, 6) is -4.37. The second-order valence-corrected chi connectivity index (χ2v) is 9.60. The monoisotopic (exact) mass is 484 g/mol. The maximum Gasteiger partial charge on any atom is 0.335 e. The quantitative estimate of drug-likeness (QED) is 0.132. The van der Waals surface area contributed by atoms with E-state index in [-0.39, 0.29) is 6.42 Å². The van der Waals surface area contributed by atoms with Crippen LogP contribution in [0, 0.1) is 11.3 Å². The van der Waals surface area contributed by atoms with Gasteiger partial charge in [-0.3, -0.25) is 14.4 Å². The van der Waals surface area contributed by atoms with E-state index >= 15 is 0 Å². The molecule has 0 spiro atoms. The summed E-state index contributed by atoms with van der Waals surface area (Å²) >= 11 is 0. The third-order valence-electron chi connectivity index (χ3n) is 6.70. The number of ether oxygens (including phenoxy) is 1. The fourth-order valence-corrected chi connectivity index (χ4v) is 4.81. The molecule has 7 heteroatoms. The first kappa shape index (κ1) is 32.4. The molecule has 0 fully saturated rings. The summed E-state index contributed by atoms with van der Waals surface area (Å²) in [6, 6.07) is 0. The average molecular weight is 485 g/mol. The van der Waals surface area contributed by atoms with Crippen molar-refractivity contribution >= 4 is 23.5 Å². The zero-order valence-electron chi connectivity index (χ0n) is 21.9. The number of Topliss-reactive ketones (excluding diaryl/α,β-unsaturated/α-hetero) is 2. The topological polar surface area (TPSA) is 118 Å². The van der Waals surface area contributed by atoms with Crippen LogP contribution in [0.4, 0.5) is 0 Å². The lowest BCUT2D eigenvalue weighted by atomic mass is 9.65. The van der Waals surface area contributed by atoms with Crippen LogP contribution < -0.4 is 0 Å². The normalized spacial score (nSPS) is 13.4. The summed E-state index contributed by atoms with van der Waals surface area (Å²) in [6.45, 7) is 4.97. The maximum absolute atomic E-state index is 12.8. The molecule has 0 aliphatic carbocycles. The van der Waals surface area contributed by atoms with E-state index in [4.69, 9.17) is 0 Å². The zero-order valence-corrected chi connectivity index (χ0v) is 21.9. The predicted octanol–water partition coefficient (Wildman–Crippen LogP) is 5.08. The molecule has 0 heterocycles. The molecular weight excluding hydrogens is 436 g/mol. The molecule has 34 heavy (non-hydrogen) atoms. The second-order valence-electron chi connectivity index (χ2n) is 9.60. The van der Waals surface area contributed by atoms with Crippen LogP contribution in [-0.2, 0) is 23.9 Å². The standard InChI is InChI=1S/C27H48O7/c1-5-6-7-8-9-10-11-12-13-14-15-16-17-18-24(19-25(32)20-28)27(21(2)29,22(3)30)26(33)34-23(4)31/h24-25,28,32H,5-20H2,1-4H3. The van der Waals surface area contributed by atoms with Gasteiger partial charge in [0, 0.05) is 6.92 Å². The minimum atomic E-state index is -2.15. The molecule has 0 aromatic heterocycles. The van der Waals surface area contributed by atoms with E-state index in [1.165, 1.54) is 57.8 Å². The highest BCUT2D eigenvalue weighted by Gasteiger charge is 2.55. The van der Waals surface area contributed by atoms with Crippen molar-refractivity contribution in [2.45, 2.75) is 130 Å². The van der Waals surface area contributed by atoms with Crippen LogP contribution in [0.2, 0.25) is 0 Å². The van der Waals surface area contributed by atoms with Gasteiger partial charge in [-0.1, -0.05) is 90.4 Å². The van der Waals surface area contributed by atoms with Gasteiger partial charge in [0.1, 0.15) is 0 Å². The van der Waals surface area contributed by atoms with E-state index in [0.29, 0.717) is 12.8 Å². The highest BCUT2D eigenvalue weighted by molar-refractivity contribution is 6.22. The average Bonchev–Trinajstić information content (AvgIpc) is 2.75. The Morgan fingerprint density at radius 2 is 1.15 bits per heavy atom. The highest BCUT2D eigenvalue weighted by Crippen LogP contribution is 2.39. The molecule has 0 saturated carbocycles. The van der Waals surface area contributed by atoms with Crippen molar-refractivity contribution in [1.82, 2.24) is 0 Å². The van der Waals surface area contributed by atoms with E-state index in [9.17, 15) is 29.4 Å². The molecule has 0 aliphatic heterocycles. The van der Waals surface area contributed by atoms with E-state index in [1.54, 1.807) is 0 Å². The van der Waals surface area contributed by atoms with Gasteiger partial charge >= 0.3 is 11.9 Å². The molecule has 2 atom stereocenters. The van der Waals surface area contributed by atoms with Crippen molar-refractivity contribution in [1.29, 1.82) is 0 Å². The number of unbranched alkanes of at least 4 members (excludes halogenated alkanes) is 12. The molecule has 7 nitrogen and oxygen atoms in total. The zero-order chi connectivity index (χ0) is 26.0. The molecule has 0 aromatic rings. The van der Waals surface area contributed by atoms with E-state index in [1.807, 2.05) is 0 Å². The molecule has 0 radical (unpaired) electrons. The van der Waals surface area contributed by atoms with E-state index in [2.05, 4.69) is 11.7 Å². The molecule has 198 valence electrons. The summed E-state index contributed by atoms with van der Waals surface area (Å²) in [5, 5.41) is 19.3. The van der Waals surface area contributed by atoms with Crippen molar-refractivity contribution in [3.05, 3.63) is 0 Å². The third-order valence-corrected chi connectivity index (χ3v) is 6.70. The Kier molecular flexibility index (Phi) is 17.8. The molecule has 0 saturated heterocycles. The van der Waals surface area contributed by atoms with Gasteiger partial charge < -0.3 is 14.9 Å². The Bertz CT molecular complexity index is 600. The largest absolute Gasteiger partial charge is 0.394 e. The molecule has 2 unspecified atom stereocenters. The van der Waals surface area contributed by atoms with Crippen LogP contribution >= 0.6 is 0 Å². The lowest BCUT2D eigenvalue weighted by Gasteiger charge is -2.35. The number of rotatable bonds is 21. The van der Waals surface area contributed by atoms with Crippen LogP contribution in [-0.4, -0.2) is 46.4 Å². The first-order valence-corrected chi connectivity index (χ1v) is 13.2. The van der Waals surface area contributed by atoms with Gasteiger partial charge in [0.15, 0.2) is 17.0 Å². The number of hydrogen-bond acceptors (Lipinski definition) is 7. The van der Waals surface area contributed by atoms with Gasteiger partial charge in [0.05, 0.1) is 12.7 Å². The lowest BCUT2D eigenvalue weighted by Crippen LogP contribution is -2.52. The molecule has 2 N–H and O–H groups in total. The van der Waals surface area contributed by atoms with E-state index < -0.39 is 47.5 Å². The molecule has 0 rings (SSSR count). The first-order valence-electron chi connectivity index (χ1n) is 13.2. The molecule has 0 aromatic carbocycles. The molecule has 0 bridgehead atoms. The Morgan fingerprint density at radius 1 is 0.735 bits per heavy atom. The van der Waals surface area contributed by atoms with Crippen molar-refractivity contribution in [3.63, 3.8) is 0 Å². The highest BCUT2D eigenvalue weighted by atomic mass is 16.6. The number of aliphatic hydroxyl groups is 2. The van der Waals surface area contributed by atoms with E-state index in [0.717, 1.165) is 40.0 Å². The summed E-state index contributed by atoms with van der Waals surface area (Å²) in [7, 11) is 0. The number of esters is 2. The van der Waals surface area contributed by atoms with Crippen molar-refractivity contribution in [2.24, 2.45) is 11.3 Å². The minimum Gasteiger partial charge on any atom is -0.394 e. The summed E-state index contributed by atoms with van der Waals surface area (Å²) in [6.07, 6.45) is 14.3. The third kappa shape index (κ3) is 11.7. The minimum absolute atomic E-state index is 0.110. The van der Waals surface area contributed by atoms with Gasteiger partial charge in [0.2, 0.25) is 0 Å². The fraction of sp³-hybridized carbons (Fsp3) is 0.852. The van der Waals surface area contributed by atoms with Crippen LogP contribution in [0.15, 0.2) is 0 Å². The summed E-state index contributed by atoms with van der Waals surface area (Å²) in [5.41, 5.74) is -2.15. The van der Waals surface area contributed by atoms with Gasteiger partial charge in [-0.2, -0.15) is 0 Å².